The van der Waals surface area contributed by atoms with E-state index in [0.29, 0.717) is 6.42 Å². The van der Waals surface area contributed by atoms with Gasteiger partial charge >= 0.3 is 0 Å². The van der Waals surface area contributed by atoms with Crippen molar-refractivity contribution in [1.29, 1.82) is 0 Å². The maximum absolute atomic E-state index is 11.4. The number of anilines is 1. The Kier molecular flexibility index (Phi) is 4.43. The summed E-state index contributed by atoms with van der Waals surface area (Å²) in [7, 11) is 1.60. The average molecular weight is 228 g/mol. The second-order valence-electron chi connectivity index (χ2n) is 3.09. The highest BCUT2D eigenvalue weighted by Crippen LogP contribution is 2.16. The normalized spacial score (nSPS) is 11.9. The van der Waals surface area contributed by atoms with Crippen molar-refractivity contribution < 1.29 is 9.53 Å². The first kappa shape index (κ1) is 11.9. The van der Waals surface area contributed by atoms with E-state index in [1.165, 1.54) is 0 Å². The summed E-state index contributed by atoms with van der Waals surface area (Å²) in [6, 6.07) is 7.11. The van der Waals surface area contributed by atoms with Gasteiger partial charge in [0.05, 0.1) is 7.11 Å². The molecule has 1 unspecified atom stereocenters. The highest BCUT2D eigenvalue weighted by molar-refractivity contribution is 6.32. The van der Waals surface area contributed by atoms with Crippen LogP contribution in [0.15, 0.2) is 24.3 Å². The van der Waals surface area contributed by atoms with E-state index in [0.717, 1.165) is 11.4 Å². The maximum atomic E-state index is 11.4. The average Bonchev–Trinajstić information content (AvgIpc) is 2.29. The lowest BCUT2D eigenvalue weighted by Crippen LogP contribution is -2.22. The third kappa shape index (κ3) is 3.44. The molecule has 1 aromatic rings. The Morgan fingerprint density at radius 2 is 2.07 bits per heavy atom. The van der Waals surface area contributed by atoms with Gasteiger partial charge < -0.3 is 10.1 Å². The van der Waals surface area contributed by atoms with E-state index in [1.54, 1.807) is 31.4 Å². The molecule has 1 N–H and O–H groups in total. The molecule has 0 aliphatic heterocycles. The number of nitrogens with one attached hydrogen (secondary N) is 1. The Bertz CT molecular complexity index is 324. The van der Waals surface area contributed by atoms with Crippen LogP contribution < -0.4 is 10.1 Å². The minimum atomic E-state index is -0.480. The molecular weight excluding hydrogens is 214 g/mol. The predicted octanol–water partition coefficient (Wildman–Crippen LogP) is 2.65. The molecule has 1 amide bonds. The highest BCUT2D eigenvalue weighted by atomic mass is 35.5. The van der Waals surface area contributed by atoms with Crippen LogP contribution in [-0.4, -0.2) is 18.4 Å². The van der Waals surface area contributed by atoms with Gasteiger partial charge in [-0.25, -0.2) is 0 Å². The molecule has 1 aromatic carbocycles. The zero-order chi connectivity index (χ0) is 11.3. The fourth-order valence-electron chi connectivity index (χ4n) is 1.08. The van der Waals surface area contributed by atoms with Crippen LogP contribution in [0.2, 0.25) is 0 Å². The van der Waals surface area contributed by atoms with Crippen LogP contribution in [0.25, 0.3) is 0 Å². The van der Waals surface area contributed by atoms with Crippen LogP contribution in [0.5, 0.6) is 5.75 Å². The zero-order valence-electron chi connectivity index (χ0n) is 8.79. The summed E-state index contributed by atoms with van der Waals surface area (Å²) in [4.78, 5) is 11.4. The molecule has 0 aliphatic carbocycles. The van der Waals surface area contributed by atoms with Crippen LogP contribution in [0.4, 0.5) is 5.69 Å². The lowest BCUT2D eigenvalue weighted by atomic mass is 10.2. The summed E-state index contributed by atoms with van der Waals surface area (Å²) >= 11 is 5.79. The van der Waals surface area contributed by atoms with Gasteiger partial charge in [0.2, 0.25) is 5.91 Å². The fraction of sp³-hybridized carbons (Fsp3) is 0.364. The molecule has 4 heteroatoms. The number of alkyl halides is 1. The molecule has 0 spiro atoms. The molecule has 0 saturated carbocycles. The lowest BCUT2D eigenvalue weighted by Gasteiger charge is -2.08. The van der Waals surface area contributed by atoms with Gasteiger partial charge in [-0.05, 0) is 30.7 Å². The molecule has 0 saturated heterocycles. The summed E-state index contributed by atoms with van der Waals surface area (Å²) in [5.74, 6) is 0.579. The van der Waals surface area contributed by atoms with Crippen LogP contribution in [0, 0.1) is 0 Å². The Labute approximate surface area is 94.4 Å². The van der Waals surface area contributed by atoms with Gasteiger partial charge in [-0.2, -0.15) is 0 Å². The molecule has 0 fully saturated rings. The van der Waals surface area contributed by atoms with Crippen molar-refractivity contribution in [3.63, 3.8) is 0 Å². The van der Waals surface area contributed by atoms with E-state index < -0.39 is 5.38 Å². The quantitative estimate of drug-likeness (QED) is 0.804. The van der Waals surface area contributed by atoms with Gasteiger partial charge in [-0.1, -0.05) is 6.92 Å². The number of ether oxygens (including phenoxy) is 1. The summed E-state index contributed by atoms with van der Waals surface area (Å²) in [6.45, 7) is 1.87. The molecule has 0 aromatic heterocycles. The number of benzene rings is 1. The second kappa shape index (κ2) is 5.61. The standard InChI is InChI=1S/C11H14ClNO2/c1-3-10(12)11(14)13-8-4-6-9(15-2)7-5-8/h4-7,10H,3H2,1-2H3,(H,13,14). The number of rotatable bonds is 4. The first-order valence-electron chi connectivity index (χ1n) is 4.76. The third-order valence-electron chi connectivity index (χ3n) is 2.00. The first-order chi connectivity index (χ1) is 7.17. The summed E-state index contributed by atoms with van der Waals surface area (Å²) < 4.78 is 5.00. The SMILES string of the molecule is CCC(Cl)C(=O)Nc1ccc(OC)cc1. The molecule has 1 rings (SSSR count). The number of carbonyl (C=O) groups excluding carboxylic acids is 1. The fourth-order valence-corrected chi connectivity index (χ4v) is 1.13. The molecule has 0 aliphatic rings. The van der Waals surface area contributed by atoms with Crippen molar-refractivity contribution in [3.8, 4) is 5.75 Å². The van der Waals surface area contributed by atoms with Crippen LogP contribution in [0.1, 0.15) is 13.3 Å². The van der Waals surface area contributed by atoms with Gasteiger partial charge in [-0.3, -0.25) is 4.79 Å². The van der Waals surface area contributed by atoms with E-state index in [4.69, 9.17) is 16.3 Å². The van der Waals surface area contributed by atoms with Gasteiger partial charge in [0.15, 0.2) is 0 Å². The first-order valence-corrected chi connectivity index (χ1v) is 5.20. The third-order valence-corrected chi connectivity index (χ3v) is 2.51. The van der Waals surface area contributed by atoms with Crippen LogP contribution in [-0.2, 0) is 4.79 Å². The lowest BCUT2D eigenvalue weighted by molar-refractivity contribution is -0.115. The van der Waals surface area contributed by atoms with E-state index in [2.05, 4.69) is 5.32 Å². The summed E-state index contributed by atoms with van der Waals surface area (Å²) in [5, 5.41) is 2.24. The highest BCUT2D eigenvalue weighted by Gasteiger charge is 2.12. The molecule has 0 bridgehead atoms. The number of hydrogen-bond donors (Lipinski definition) is 1. The molecule has 82 valence electrons. The monoisotopic (exact) mass is 227 g/mol. The van der Waals surface area contributed by atoms with Crippen LogP contribution >= 0.6 is 11.6 Å². The van der Waals surface area contributed by atoms with Crippen molar-refractivity contribution in [2.24, 2.45) is 0 Å². The van der Waals surface area contributed by atoms with Crippen molar-refractivity contribution >= 4 is 23.2 Å². The smallest absolute Gasteiger partial charge is 0.242 e. The zero-order valence-corrected chi connectivity index (χ0v) is 9.54. The summed E-state index contributed by atoms with van der Waals surface area (Å²) in [5.41, 5.74) is 0.722. The number of hydrogen-bond acceptors (Lipinski definition) is 2. The summed E-state index contributed by atoms with van der Waals surface area (Å²) in [6.07, 6.45) is 0.615. The Balaban J connectivity index is 2.61. The maximum Gasteiger partial charge on any atom is 0.242 e. The predicted molar refractivity (Wildman–Crippen MR) is 61.6 cm³/mol. The molecule has 1 atom stereocenters. The topological polar surface area (TPSA) is 38.3 Å². The number of amides is 1. The minimum absolute atomic E-state index is 0.177. The molecule has 3 nitrogen and oxygen atoms in total. The van der Waals surface area contributed by atoms with E-state index in [9.17, 15) is 4.79 Å². The number of carbonyl (C=O) groups is 1. The van der Waals surface area contributed by atoms with Gasteiger partial charge in [0.1, 0.15) is 11.1 Å². The van der Waals surface area contributed by atoms with Gasteiger partial charge in [0, 0.05) is 5.69 Å². The Morgan fingerprint density at radius 3 is 2.53 bits per heavy atom. The van der Waals surface area contributed by atoms with E-state index in [-0.39, 0.29) is 5.91 Å². The van der Waals surface area contributed by atoms with Crippen molar-refractivity contribution in [2.75, 3.05) is 12.4 Å². The van der Waals surface area contributed by atoms with E-state index >= 15 is 0 Å². The Hall–Kier alpha value is -1.22. The van der Waals surface area contributed by atoms with Crippen LogP contribution in [0.3, 0.4) is 0 Å². The Morgan fingerprint density at radius 1 is 1.47 bits per heavy atom. The second-order valence-corrected chi connectivity index (χ2v) is 3.62. The number of methoxy groups -OCH3 is 1. The number of halogens is 1. The van der Waals surface area contributed by atoms with Crippen molar-refractivity contribution in [1.82, 2.24) is 0 Å². The largest absolute Gasteiger partial charge is 0.497 e. The van der Waals surface area contributed by atoms with E-state index in [1.807, 2.05) is 6.92 Å². The van der Waals surface area contributed by atoms with Gasteiger partial charge in [-0.15, -0.1) is 11.6 Å². The molecule has 0 radical (unpaired) electrons. The molecule has 0 heterocycles. The minimum Gasteiger partial charge on any atom is -0.497 e. The molecular formula is C11H14ClNO2. The molecule has 15 heavy (non-hydrogen) atoms. The van der Waals surface area contributed by atoms with Crippen molar-refractivity contribution in [3.05, 3.63) is 24.3 Å². The van der Waals surface area contributed by atoms with Gasteiger partial charge in [0.25, 0.3) is 0 Å². The van der Waals surface area contributed by atoms with Crippen molar-refractivity contribution in [2.45, 2.75) is 18.7 Å².